The van der Waals surface area contributed by atoms with Crippen molar-refractivity contribution in [1.82, 2.24) is 4.72 Å². The van der Waals surface area contributed by atoms with Gasteiger partial charge in [0.25, 0.3) is 5.91 Å². The maximum atomic E-state index is 12.5. The number of anilines is 1. The number of ether oxygens (including phenoxy) is 1. The Morgan fingerprint density at radius 2 is 1.66 bits per heavy atom. The second kappa shape index (κ2) is 11.6. The molecule has 0 saturated carbocycles. The summed E-state index contributed by atoms with van der Waals surface area (Å²) in [6.07, 6.45) is 3.91. The van der Waals surface area contributed by atoms with E-state index < -0.39 is 16.1 Å². The molecule has 29 heavy (non-hydrogen) atoms. The molecule has 0 radical (unpaired) electrons. The highest BCUT2D eigenvalue weighted by atomic mass is 32.2. The van der Waals surface area contributed by atoms with Crippen LogP contribution in [0.4, 0.5) is 5.69 Å². The van der Waals surface area contributed by atoms with Crippen LogP contribution in [0.3, 0.4) is 0 Å². The second-order valence-electron chi connectivity index (χ2n) is 6.80. The van der Waals surface area contributed by atoms with E-state index in [9.17, 15) is 13.2 Å². The van der Waals surface area contributed by atoms with E-state index in [0.717, 1.165) is 25.7 Å². The Kier molecular flexibility index (Phi) is 9.15. The molecule has 2 N–H and O–H groups in total. The monoisotopic (exact) mass is 418 g/mol. The molecule has 1 atom stereocenters. The minimum Gasteiger partial charge on any atom is -0.481 e. The zero-order valence-electron chi connectivity index (χ0n) is 17.1. The first-order chi connectivity index (χ1) is 14.0. The van der Waals surface area contributed by atoms with Crippen LogP contribution in [-0.2, 0) is 14.8 Å². The lowest BCUT2D eigenvalue weighted by atomic mass is 10.2. The molecule has 0 aromatic heterocycles. The first kappa shape index (κ1) is 22.9. The van der Waals surface area contributed by atoms with Gasteiger partial charge in [0.1, 0.15) is 5.75 Å². The zero-order chi connectivity index (χ0) is 21.1. The van der Waals surface area contributed by atoms with Crippen LogP contribution < -0.4 is 14.8 Å². The quantitative estimate of drug-likeness (QED) is 0.502. The van der Waals surface area contributed by atoms with E-state index in [1.165, 1.54) is 12.1 Å². The van der Waals surface area contributed by atoms with Crippen molar-refractivity contribution in [1.29, 1.82) is 0 Å². The van der Waals surface area contributed by atoms with Crippen molar-refractivity contribution < 1.29 is 17.9 Å². The second-order valence-corrected chi connectivity index (χ2v) is 8.57. The Labute approximate surface area is 173 Å². The molecule has 0 aliphatic heterocycles. The molecule has 0 saturated heterocycles. The maximum Gasteiger partial charge on any atom is 0.265 e. The molecule has 0 fully saturated rings. The van der Waals surface area contributed by atoms with Crippen LogP contribution in [0, 0.1) is 0 Å². The number of rotatable bonds is 12. The van der Waals surface area contributed by atoms with Gasteiger partial charge in [0.15, 0.2) is 6.10 Å². The smallest absolute Gasteiger partial charge is 0.265 e. The van der Waals surface area contributed by atoms with Crippen LogP contribution in [0.2, 0.25) is 0 Å². The molecule has 1 unspecified atom stereocenters. The van der Waals surface area contributed by atoms with E-state index in [1.807, 2.05) is 25.1 Å². The third-order valence-electron chi connectivity index (χ3n) is 4.44. The van der Waals surface area contributed by atoms with Gasteiger partial charge in [-0.3, -0.25) is 4.79 Å². The molecule has 2 rings (SSSR count). The molecule has 2 aromatic rings. The summed E-state index contributed by atoms with van der Waals surface area (Å²) >= 11 is 0. The van der Waals surface area contributed by atoms with Gasteiger partial charge in [-0.05, 0) is 49.2 Å². The molecule has 2 aromatic carbocycles. The number of para-hydroxylation sites is 1. The average Bonchev–Trinajstić information content (AvgIpc) is 2.73. The summed E-state index contributed by atoms with van der Waals surface area (Å²) in [6.45, 7) is 4.41. The summed E-state index contributed by atoms with van der Waals surface area (Å²) in [7, 11) is -3.54. The van der Waals surface area contributed by atoms with E-state index >= 15 is 0 Å². The number of amides is 1. The number of hydrogen-bond donors (Lipinski definition) is 2. The number of sulfonamides is 1. The van der Waals surface area contributed by atoms with E-state index in [0.29, 0.717) is 24.4 Å². The molecule has 1 amide bonds. The molecule has 0 aliphatic carbocycles. The highest BCUT2D eigenvalue weighted by molar-refractivity contribution is 7.89. The van der Waals surface area contributed by atoms with Gasteiger partial charge < -0.3 is 10.1 Å². The number of carbonyl (C=O) groups is 1. The highest BCUT2D eigenvalue weighted by Gasteiger charge is 2.19. The lowest BCUT2D eigenvalue weighted by Gasteiger charge is -2.17. The van der Waals surface area contributed by atoms with Crippen LogP contribution in [0.15, 0.2) is 59.5 Å². The van der Waals surface area contributed by atoms with Gasteiger partial charge in [0, 0.05) is 12.2 Å². The Hall–Kier alpha value is -2.38. The summed E-state index contributed by atoms with van der Waals surface area (Å²) in [5.41, 5.74) is 0.520. The summed E-state index contributed by atoms with van der Waals surface area (Å²) < 4.78 is 33.0. The number of nitrogens with one attached hydrogen (secondary N) is 2. The van der Waals surface area contributed by atoms with E-state index in [2.05, 4.69) is 17.0 Å². The van der Waals surface area contributed by atoms with Crippen LogP contribution in [0.5, 0.6) is 5.75 Å². The summed E-state index contributed by atoms with van der Waals surface area (Å²) in [4.78, 5) is 12.7. The lowest BCUT2D eigenvalue weighted by Crippen LogP contribution is -2.32. The van der Waals surface area contributed by atoms with E-state index in [1.54, 1.807) is 24.3 Å². The number of unbranched alkanes of at least 4 members (excludes halogenated alkanes) is 3. The normalized spacial score (nSPS) is 12.3. The van der Waals surface area contributed by atoms with Gasteiger partial charge in [0.05, 0.1) is 4.90 Å². The molecule has 6 nitrogen and oxygen atoms in total. The predicted octanol–water partition coefficient (Wildman–Crippen LogP) is 4.34. The molecule has 0 aliphatic rings. The first-order valence-electron chi connectivity index (χ1n) is 10.1. The standard InChI is InChI=1S/C22H30N2O4S/c1-3-5-6-10-17-23-29(26,27)20-15-13-18(14-16-20)24-22(25)21(4-2)28-19-11-8-7-9-12-19/h7-9,11-16,21,23H,3-6,10,17H2,1-2H3,(H,24,25). The SMILES string of the molecule is CCCCCCNS(=O)(=O)c1ccc(NC(=O)C(CC)Oc2ccccc2)cc1. The Bertz CT molecular complexity index is 852. The molecule has 158 valence electrons. The fraction of sp³-hybridized carbons (Fsp3) is 0.409. The molecule has 0 heterocycles. The highest BCUT2D eigenvalue weighted by Crippen LogP contribution is 2.17. The van der Waals surface area contributed by atoms with E-state index in [4.69, 9.17) is 4.74 Å². The third-order valence-corrected chi connectivity index (χ3v) is 5.92. The molecule has 7 heteroatoms. The van der Waals surface area contributed by atoms with Crippen LogP contribution >= 0.6 is 0 Å². The third kappa shape index (κ3) is 7.51. The van der Waals surface area contributed by atoms with Crippen molar-refractivity contribution in [2.75, 3.05) is 11.9 Å². The Balaban J connectivity index is 1.92. The van der Waals surface area contributed by atoms with Gasteiger partial charge in [-0.1, -0.05) is 51.3 Å². The Morgan fingerprint density at radius 3 is 2.28 bits per heavy atom. The largest absolute Gasteiger partial charge is 0.481 e. The predicted molar refractivity (Wildman–Crippen MR) is 116 cm³/mol. The van der Waals surface area contributed by atoms with Crippen molar-refractivity contribution in [3.63, 3.8) is 0 Å². The molecule has 0 bridgehead atoms. The van der Waals surface area contributed by atoms with Gasteiger partial charge in [-0.15, -0.1) is 0 Å². The topological polar surface area (TPSA) is 84.5 Å². The Morgan fingerprint density at radius 1 is 0.966 bits per heavy atom. The number of hydrogen-bond acceptors (Lipinski definition) is 4. The van der Waals surface area contributed by atoms with Gasteiger partial charge in [-0.2, -0.15) is 0 Å². The zero-order valence-corrected chi connectivity index (χ0v) is 17.9. The van der Waals surface area contributed by atoms with Crippen molar-refractivity contribution in [3.8, 4) is 5.75 Å². The molecule has 0 spiro atoms. The minimum absolute atomic E-state index is 0.179. The minimum atomic E-state index is -3.54. The van der Waals surface area contributed by atoms with Crippen LogP contribution in [-0.4, -0.2) is 27.0 Å². The molecular weight excluding hydrogens is 388 g/mol. The molecular formula is C22H30N2O4S. The van der Waals surface area contributed by atoms with E-state index in [-0.39, 0.29) is 10.8 Å². The first-order valence-corrected chi connectivity index (χ1v) is 11.6. The summed E-state index contributed by atoms with van der Waals surface area (Å²) in [5.74, 6) is 0.349. The number of carbonyl (C=O) groups excluding carboxylic acids is 1. The van der Waals surface area contributed by atoms with Crippen molar-refractivity contribution >= 4 is 21.6 Å². The van der Waals surface area contributed by atoms with Crippen molar-refractivity contribution in [2.24, 2.45) is 0 Å². The summed E-state index contributed by atoms with van der Waals surface area (Å²) in [5, 5.41) is 2.78. The average molecular weight is 419 g/mol. The summed E-state index contributed by atoms with van der Waals surface area (Å²) in [6, 6.07) is 15.3. The fourth-order valence-electron chi connectivity index (χ4n) is 2.77. The van der Waals surface area contributed by atoms with Crippen LogP contribution in [0.25, 0.3) is 0 Å². The fourth-order valence-corrected chi connectivity index (χ4v) is 3.84. The number of benzene rings is 2. The van der Waals surface area contributed by atoms with Gasteiger partial charge >= 0.3 is 0 Å². The van der Waals surface area contributed by atoms with Crippen molar-refractivity contribution in [2.45, 2.75) is 57.0 Å². The van der Waals surface area contributed by atoms with Crippen LogP contribution in [0.1, 0.15) is 46.0 Å². The maximum absolute atomic E-state index is 12.5. The van der Waals surface area contributed by atoms with Gasteiger partial charge in [0.2, 0.25) is 10.0 Å². The van der Waals surface area contributed by atoms with Gasteiger partial charge in [-0.25, -0.2) is 13.1 Å². The van der Waals surface area contributed by atoms with Crippen molar-refractivity contribution in [3.05, 3.63) is 54.6 Å². The lowest BCUT2D eigenvalue weighted by molar-refractivity contribution is -0.122.